The third kappa shape index (κ3) is 4.54. The summed E-state index contributed by atoms with van der Waals surface area (Å²) < 4.78 is 1.87. The number of hydrogen-bond donors (Lipinski definition) is 2. The standard InChI is InChI=1S/C26H39N7O2/c1-17-15-33-24(28-25(17)31-12-10-19(27)16-31)14-20(29-33)22-9-5-6-11-32(22)26(34)21-13-23(35-30-21)18-7-3-2-4-8-18/h14-15,18-19,21-23,30H,2-13,16,27H2,1H3/t19-,21?,22-,23?/m0/s1. The molecule has 2 unspecified atom stereocenters. The van der Waals surface area contributed by atoms with E-state index in [-0.39, 0.29) is 30.1 Å². The number of carbonyl (C=O) groups is 1. The SMILES string of the molecule is Cc1cn2nc([C@@H]3CCCCN3C(=O)C3CC(C4CCCCC4)ON3)cc2nc1N1CC[C@H](N)C1. The van der Waals surface area contributed by atoms with Gasteiger partial charge in [-0.25, -0.2) is 9.50 Å². The minimum absolute atomic E-state index is 0.0163. The van der Waals surface area contributed by atoms with Crippen molar-refractivity contribution >= 4 is 17.4 Å². The molecule has 4 atom stereocenters. The molecule has 3 aliphatic heterocycles. The summed E-state index contributed by atoms with van der Waals surface area (Å²) in [5.74, 6) is 1.73. The van der Waals surface area contributed by atoms with E-state index in [1.54, 1.807) is 0 Å². The van der Waals surface area contributed by atoms with Crippen molar-refractivity contribution in [3.63, 3.8) is 0 Å². The molecule has 1 saturated carbocycles. The zero-order valence-electron chi connectivity index (χ0n) is 20.9. The summed E-state index contributed by atoms with van der Waals surface area (Å²) in [6.07, 6.45) is 13.4. The summed E-state index contributed by atoms with van der Waals surface area (Å²) in [5.41, 5.74) is 12.1. The van der Waals surface area contributed by atoms with E-state index >= 15 is 0 Å². The summed E-state index contributed by atoms with van der Waals surface area (Å²) in [6.45, 7) is 4.63. The number of amides is 1. The fourth-order valence-corrected chi connectivity index (χ4v) is 6.63. The summed E-state index contributed by atoms with van der Waals surface area (Å²) in [5, 5.41) is 4.89. The number of carbonyl (C=O) groups excluding carboxylic acids is 1. The van der Waals surface area contributed by atoms with E-state index in [4.69, 9.17) is 20.7 Å². The Balaban J connectivity index is 1.20. The molecule has 2 aromatic rings. The number of nitrogens with two attached hydrogens (primary N) is 1. The molecule has 9 nitrogen and oxygen atoms in total. The molecular formula is C26H39N7O2. The normalized spacial score (nSPS) is 30.5. The Morgan fingerprint density at radius 3 is 2.74 bits per heavy atom. The molecule has 35 heavy (non-hydrogen) atoms. The van der Waals surface area contributed by atoms with Crippen LogP contribution in [0.3, 0.4) is 0 Å². The van der Waals surface area contributed by atoms with Crippen LogP contribution in [0.2, 0.25) is 0 Å². The van der Waals surface area contributed by atoms with Crippen LogP contribution in [0.1, 0.15) is 81.5 Å². The second kappa shape index (κ2) is 9.67. The van der Waals surface area contributed by atoms with Gasteiger partial charge in [-0.05, 0) is 51.4 Å². The number of piperidine rings is 1. The molecule has 3 saturated heterocycles. The summed E-state index contributed by atoms with van der Waals surface area (Å²) in [4.78, 5) is 28.9. The second-order valence-corrected chi connectivity index (χ2v) is 11.1. The number of likely N-dealkylation sites (tertiary alicyclic amines) is 1. The molecule has 0 radical (unpaired) electrons. The topological polar surface area (TPSA) is 101 Å². The maximum absolute atomic E-state index is 13.7. The fraction of sp³-hybridized carbons (Fsp3) is 0.731. The quantitative estimate of drug-likeness (QED) is 0.692. The maximum Gasteiger partial charge on any atom is 0.242 e. The van der Waals surface area contributed by atoms with Gasteiger partial charge in [0, 0.05) is 49.9 Å². The fourth-order valence-electron chi connectivity index (χ4n) is 6.63. The lowest BCUT2D eigenvalue weighted by Crippen LogP contribution is -2.47. The molecule has 1 aliphatic carbocycles. The Hall–Kier alpha value is -2.23. The van der Waals surface area contributed by atoms with Gasteiger partial charge < -0.3 is 15.5 Å². The van der Waals surface area contributed by atoms with E-state index in [2.05, 4.69) is 29.6 Å². The summed E-state index contributed by atoms with van der Waals surface area (Å²) >= 11 is 0. The van der Waals surface area contributed by atoms with Crippen LogP contribution in [0.4, 0.5) is 5.82 Å². The number of rotatable bonds is 4. The summed E-state index contributed by atoms with van der Waals surface area (Å²) in [6, 6.07) is 2.00. The van der Waals surface area contributed by atoms with Crippen LogP contribution < -0.4 is 16.1 Å². The Morgan fingerprint density at radius 2 is 1.94 bits per heavy atom. The highest BCUT2D eigenvalue weighted by Gasteiger charge is 2.40. The first-order valence-corrected chi connectivity index (χ1v) is 13.7. The molecule has 0 spiro atoms. The van der Waals surface area contributed by atoms with E-state index in [1.807, 2.05) is 9.42 Å². The van der Waals surface area contributed by atoms with Crippen LogP contribution in [0.15, 0.2) is 12.3 Å². The number of nitrogens with zero attached hydrogens (tertiary/aromatic N) is 5. The van der Waals surface area contributed by atoms with Crippen molar-refractivity contribution in [1.29, 1.82) is 0 Å². The monoisotopic (exact) mass is 481 g/mol. The Bertz CT molecular complexity index is 1070. The van der Waals surface area contributed by atoms with Crippen molar-refractivity contribution < 1.29 is 9.63 Å². The van der Waals surface area contributed by atoms with Gasteiger partial charge in [-0.3, -0.25) is 9.63 Å². The van der Waals surface area contributed by atoms with Gasteiger partial charge >= 0.3 is 0 Å². The number of nitrogens with one attached hydrogen (secondary N) is 1. The van der Waals surface area contributed by atoms with E-state index in [1.165, 1.54) is 32.1 Å². The number of aryl methyl sites for hydroxylation is 1. The van der Waals surface area contributed by atoms with E-state index in [0.29, 0.717) is 5.92 Å². The lowest BCUT2D eigenvalue weighted by atomic mass is 9.83. The Kier molecular flexibility index (Phi) is 6.41. The van der Waals surface area contributed by atoms with Gasteiger partial charge in [0.15, 0.2) is 5.65 Å². The molecule has 2 aromatic heterocycles. The third-order valence-corrected chi connectivity index (χ3v) is 8.58. The zero-order valence-corrected chi connectivity index (χ0v) is 20.9. The molecule has 4 fully saturated rings. The molecule has 0 aromatic carbocycles. The Labute approximate surface area is 207 Å². The first kappa shape index (κ1) is 23.2. The van der Waals surface area contributed by atoms with Gasteiger partial charge in [0.25, 0.3) is 0 Å². The molecule has 9 heteroatoms. The molecule has 3 N–H and O–H groups in total. The highest BCUT2D eigenvalue weighted by atomic mass is 16.7. The predicted octanol–water partition coefficient (Wildman–Crippen LogP) is 2.87. The number of anilines is 1. The smallest absolute Gasteiger partial charge is 0.242 e. The average molecular weight is 482 g/mol. The minimum atomic E-state index is -0.258. The highest BCUT2D eigenvalue weighted by Crippen LogP contribution is 2.35. The molecule has 6 rings (SSSR count). The minimum Gasteiger partial charge on any atom is -0.355 e. The number of hydroxylamine groups is 1. The van der Waals surface area contributed by atoms with Crippen LogP contribution in [0.25, 0.3) is 5.65 Å². The Morgan fingerprint density at radius 1 is 1.11 bits per heavy atom. The number of aromatic nitrogens is 3. The van der Waals surface area contributed by atoms with Gasteiger partial charge in [0.05, 0.1) is 17.8 Å². The molecule has 5 heterocycles. The van der Waals surface area contributed by atoms with Gasteiger partial charge in [-0.2, -0.15) is 10.6 Å². The van der Waals surface area contributed by atoms with Gasteiger partial charge in [0.2, 0.25) is 5.91 Å². The van der Waals surface area contributed by atoms with E-state index < -0.39 is 0 Å². The van der Waals surface area contributed by atoms with Crippen LogP contribution >= 0.6 is 0 Å². The maximum atomic E-state index is 13.7. The van der Waals surface area contributed by atoms with E-state index in [0.717, 1.165) is 74.5 Å². The summed E-state index contributed by atoms with van der Waals surface area (Å²) in [7, 11) is 0. The first-order valence-electron chi connectivity index (χ1n) is 13.7. The molecule has 4 aliphatic rings. The van der Waals surface area contributed by atoms with Crippen molar-refractivity contribution in [3.05, 3.63) is 23.5 Å². The van der Waals surface area contributed by atoms with Gasteiger partial charge in [0.1, 0.15) is 11.9 Å². The molecule has 190 valence electrons. The van der Waals surface area contributed by atoms with Gasteiger partial charge in [-0.1, -0.05) is 19.3 Å². The lowest BCUT2D eigenvalue weighted by Gasteiger charge is -2.36. The van der Waals surface area contributed by atoms with Gasteiger partial charge in [-0.15, -0.1) is 0 Å². The average Bonchev–Trinajstić information content (AvgIpc) is 3.63. The number of fused-ring (bicyclic) bond motifs is 1. The van der Waals surface area contributed by atoms with Crippen LogP contribution in [0, 0.1) is 12.8 Å². The van der Waals surface area contributed by atoms with Crippen molar-refractivity contribution in [2.75, 3.05) is 24.5 Å². The highest BCUT2D eigenvalue weighted by molar-refractivity contribution is 5.82. The van der Waals surface area contributed by atoms with Crippen molar-refractivity contribution in [1.82, 2.24) is 25.0 Å². The van der Waals surface area contributed by atoms with E-state index in [9.17, 15) is 4.79 Å². The zero-order chi connectivity index (χ0) is 23.9. The largest absolute Gasteiger partial charge is 0.355 e. The first-order chi connectivity index (χ1) is 17.1. The lowest BCUT2D eigenvalue weighted by molar-refractivity contribution is -0.138. The molecule has 0 bridgehead atoms. The van der Waals surface area contributed by atoms with Crippen LogP contribution in [0.5, 0.6) is 0 Å². The molecular weight excluding hydrogens is 442 g/mol. The van der Waals surface area contributed by atoms with Crippen molar-refractivity contribution in [2.24, 2.45) is 11.7 Å². The second-order valence-electron chi connectivity index (χ2n) is 11.1. The molecule has 1 amide bonds. The van der Waals surface area contributed by atoms with Crippen LogP contribution in [-0.4, -0.2) is 63.2 Å². The third-order valence-electron chi connectivity index (χ3n) is 8.58. The van der Waals surface area contributed by atoms with Crippen LogP contribution in [-0.2, 0) is 9.63 Å². The number of hydrogen-bond acceptors (Lipinski definition) is 7. The van der Waals surface area contributed by atoms with Crippen molar-refractivity contribution in [3.8, 4) is 0 Å². The predicted molar refractivity (Wildman–Crippen MR) is 134 cm³/mol. The van der Waals surface area contributed by atoms with Crippen molar-refractivity contribution in [2.45, 2.75) is 95.4 Å².